The van der Waals surface area contributed by atoms with Crippen LogP contribution >= 0.6 is 11.8 Å². The van der Waals surface area contributed by atoms with Crippen LogP contribution in [0, 0.1) is 5.82 Å². The summed E-state index contributed by atoms with van der Waals surface area (Å²) in [6.45, 7) is 0. The van der Waals surface area contributed by atoms with Gasteiger partial charge in [-0.1, -0.05) is 36.0 Å². The Morgan fingerprint density at radius 1 is 1.21 bits per heavy atom. The molecule has 0 unspecified atom stereocenters. The van der Waals surface area contributed by atoms with Crippen molar-refractivity contribution in [2.45, 2.75) is 36.2 Å². The summed E-state index contributed by atoms with van der Waals surface area (Å²) in [4.78, 5) is 21.6. The van der Waals surface area contributed by atoms with Crippen molar-refractivity contribution in [2.24, 2.45) is 0 Å². The molecular weight excluding hydrogens is 389 g/mol. The second-order valence-electron chi connectivity index (χ2n) is 7.03. The van der Waals surface area contributed by atoms with E-state index in [-0.39, 0.29) is 17.6 Å². The van der Waals surface area contributed by atoms with Crippen molar-refractivity contribution in [1.82, 2.24) is 19.7 Å². The lowest BCUT2D eigenvalue weighted by Gasteiger charge is -2.31. The zero-order chi connectivity index (χ0) is 19.8. The first-order valence-electron chi connectivity index (χ1n) is 9.46. The van der Waals surface area contributed by atoms with E-state index in [0.717, 1.165) is 29.7 Å². The minimum Gasteiger partial charge on any atom is -0.328 e. The molecule has 0 fully saturated rings. The topological polar surface area (TPSA) is 72.7 Å². The minimum atomic E-state index is -0.349. The van der Waals surface area contributed by atoms with E-state index in [9.17, 15) is 9.18 Å². The number of allylic oxidation sites excluding steroid dienone is 2. The Kier molecular flexibility index (Phi) is 4.63. The van der Waals surface area contributed by atoms with Gasteiger partial charge in [-0.15, -0.1) is 5.10 Å². The number of thioether (sulfide) groups is 1. The van der Waals surface area contributed by atoms with E-state index in [1.165, 1.54) is 17.8 Å². The monoisotopic (exact) mass is 407 g/mol. The van der Waals surface area contributed by atoms with Crippen LogP contribution in [0.5, 0.6) is 0 Å². The predicted molar refractivity (Wildman–Crippen MR) is 108 cm³/mol. The number of benzene rings is 1. The van der Waals surface area contributed by atoms with Crippen LogP contribution in [-0.2, 0) is 10.5 Å². The number of aromatic nitrogens is 4. The van der Waals surface area contributed by atoms with E-state index >= 15 is 0 Å². The van der Waals surface area contributed by atoms with Crippen LogP contribution in [0.2, 0.25) is 0 Å². The lowest BCUT2D eigenvalue weighted by Crippen LogP contribution is -2.31. The third kappa shape index (κ3) is 3.33. The van der Waals surface area contributed by atoms with E-state index in [0.29, 0.717) is 28.8 Å². The number of pyridine rings is 1. The second kappa shape index (κ2) is 7.44. The zero-order valence-electron chi connectivity index (χ0n) is 15.5. The summed E-state index contributed by atoms with van der Waals surface area (Å²) >= 11 is 1.37. The quantitative estimate of drug-likeness (QED) is 0.656. The Labute approximate surface area is 171 Å². The number of halogens is 1. The van der Waals surface area contributed by atoms with Gasteiger partial charge in [0.2, 0.25) is 11.1 Å². The highest BCUT2D eigenvalue weighted by atomic mass is 32.2. The number of carbonyl (C=O) groups excluding carboxylic acids is 1. The first-order valence-corrected chi connectivity index (χ1v) is 10.4. The highest BCUT2D eigenvalue weighted by Gasteiger charge is 2.36. The smallest absolute Gasteiger partial charge is 0.227 e. The normalized spacial score (nSPS) is 18.2. The van der Waals surface area contributed by atoms with Crippen molar-refractivity contribution < 1.29 is 9.18 Å². The zero-order valence-corrected chi connectivity index (χ0v) is 16.3. The Bertz CT molecular complexity index is 1110. The molecule has 2 aromatic heterocycles. The molecule has 1 aliphatic carbocycles. The average Bonchev–Trinajstić information content (AvgIpc) is 3.15. The van der Waals surface area contributed by atoms with Crippen LogP contribution in [0.3, 0.4) is 0 Å². The van der Waals surface area contributed by atoms with E-state index in [2.05, 4.69) is 20.4 Å². The number of rotatable bonds is 4. The van der Waals surface area contributed by atoms with Gasteiger partial charge in [-0.3, -0.25) is 9.78 Å². The molecule has 0 bridgehead atoms. The molecule has 1 aliphatic heterocycles. The molecule has 3 aromatic rings. The minimum absolute atomic E-state index is 0.134. The van der Waals surface area contributed by atoms with Gasteiger partial charge in [-0.05, 0) is 36.1 Å². The Balaban J connectivity index is 1.50. The van der Waals surface area contributed by atoms with Gasteiger partial charge < -0.3 is 5.32 Å². The van der Waals surface area contributed by atoms with Crippen LogP contribution in [0.15, 0.2) is 65.2 Å². The number of nitrogens with zero attached hydrogens (tertiary/aromatic N) is 4. The van der Waals surface area contributed by atoms with Crippen LogP contribution in [0.4, 0.5) is 10.3 Å². The predicted octanol–water partition coefficient (Wildman–Crippen LogP) is 4.13. The number of ketones is 1. The van der Waals surface area contributed by atoms with Crippen molar-refractivity contribution >= 4 is 23.5 Å². The lowest BCUT2D eigenvalue weighted by molar-refractivity contribution is -0.116. The fourth-order valence-electron chi connectivity index (χ4n) is 3.80. The summed E-state index contributed by atoms with van der Waals surface area (Å²) < 4.78 is 15.7. The van der Waals surface area contributed by atoms with E-state index < -0.39 is 0 Å². The van der Waals surface area contributed by atoms with Gasteiger partial charge in [0.25, 0.3) is 0 Å². The highest BCUT2D eigenvalue weighted by Crippen LogP contribution is 2.40. The van der Waals surface area contributed by atoms with Crippen LogP contribution in [-0.4, -0.2) is 25.5 Å². The highest BCUT2D eigenvalue weighted by molar-refractivity contribution is 7.98. The molecule has 0 spiro atoms. The Hall–Kier alpha value is -3.00. The number of Topliss-reactive ketones (excluding diaryl/α,β-unsaturated/α-hetero) is 1. The summed E-state index contributed by atoms with van der Waals surface area (Å²) in [5.74, 6) is 0.926. The molecule has 29 heavy (non-hydrogen) atoms. The first kappa shape index (κ1) is 18.1. The Morgan fingerprint density at radius 3 is 2.93 bits per heavy atom. The van der Waals surface area contributed by atoms with Crippen molar-refractivity contribution in [3.63, 3.8) is 0 Å². The van der Waals surface area contributed by atoms with Gasteiger partial charge in [0.15, 0.2) is 5.78 Å². The van der Waals surface area contributed by atoms with Gasteiger partial charge >= 0.3 is 0 Å². The molecule has 6 nitrogen and oxygen atoms in total. The molecule has 1 N–H and O–H groups in total. The van der Waals surface area contributed by atoms with Crippen molar-refractivity contribution in [1.29, 1.82) is 0 Å². The van der Waals surface area contributed by atoms with Crippen molar-refractivity contribution in [3.05, 3.63) is 77.0 Å². The molecule has 2 aliphatic rings. The van der Waals surface area contributed by atoms with E-state index in [1.54, 1.807) is 29.2 Å². The molecule has 0 saturated carbocycles. The first-order chi connectivity index (χ1) is 14.2. The fourth-order valence-corrected chi connectivity index (χ4v) is 4.62. The lowest BCUT2D eigenvalue weighted by atomic mass is 9.86. The largest absolute Gasteiger partial charge is 0.328 e. The number of nitrogens with one attached hydrogen (secondary N) is 1. The van der Waals surface area contributed by atoms with Crippen LogP contribution in [0.25, 0.3) is 0 Å². The molecule has 3 heterocycles. The maximum Gasteiger partial charge on any atom is 0.227 e. The van der Waals surface area contributed by atoms with Crippen molar-refractivity contribution in [3.8, 4) is 0 Å². The number of hydrogen-bond acceptors (Lipinski definition) is 6. The summed E-state index contributed by atoms with van der Waals surface area (Å²) in [7, 11) is 0. The van der Waals surface area contributed by atoms with Crippen molar-refractivity contribution in [2.75, 3.05) is 5.32 Å². The Morgan fingerprint density at radius 2 is 2.10 bits per heavy atom. The number of anilines is 1. The third-order valence-electron chi connectivity index (χ3n) is 5.16. The fraction of sp³-hybridized carbons (Fsp3) is 0.238. The molecule has 5 rings (SSSR count). The van der Waals surface area contributed by atoms with E-state index in [1.807, 2.05) is 18.2 Å². The van der Waals surface area contributed by atoms with Gasteiger partial charge in [0, 0.05) is 35.8 Å². The maximum atomic E-state index is 13.9. The van der Waals surface area contributed by atoms with Gasteiger partial charge in [-0.2, -0.15) is 4.98 Å². The van der Waals surface area contributed by atoms with Gasteiger partial charge in [-0.25, -0.2) is 9.07 Å². The van der Waals surface area contributed by atoms with E-state index in [4.69, 9.17) is 0 Å². The summed E-state index contributed by atoms with van der Waals surface area (Å²) in [5.41, 5.74) is 3.16. The summed E-state index contributed by atoms with van der Waals surface area (Å²) in [5, 5.41) is 8.49. The van der Waals surface area contributed by atoms with Crippen LogP contribution < -0.4 is 5.32 Å². The number of carbonyl (C=O) groups is 1. The second-order valence-corrected chi connectivity index (χ2v) is 7.97. The molecule has 0 radical (unpaired) electrons. The molecule has 8 heteroatoms. The van der Waals surface area contributed by atoms with Gasteiger partial charge in [0.05, 0.1) is 0 Å². The number of hydrogen-bond donors (Lipinski definition) is 1. The number of fused-ring (bicyclic) bond motifs is 1. The van der Waals surface area contributed by atoms with Gasteiger partial charge in [0.1, 0.15) is 11.9 Å². The summed E-state index contributed by atoms with van der Waals surface area (Å²) in [6, 6.07) is 10.2. The SMILES string of the molecule is O=C1CCCC2=C1[C@@H](c1cccnc1)n1nc(SCc3ccccc3F)nc1N2. The van der Waals surface area contributed by atoms with Crippen LogP contribution in [0.1, 0.15) is 36.4 Å². The molecule has 146 valence electrons. The standard InChI is InChI=1S/C21H18FN5OS/c22-15-7-2-1-5-14(15)12-29-21-25-20-24-16-8-3-9-17(28)18(16)19(27(20)26-21)13-6-4-10-23-11-13/h1-2,4-7,10-11,19H,3,8-9,12H2,(H,24,25,26)/t19-/m1/s1. The molecule has 1 atom stereocenters. The molecule has 1 aromatic carbocycles. The summed E-state index contributed by atoms with van der Waals surface area (Å²) in [6.07, 6.45) is 5.65. The third-order valence-corrected chi connectivity index (χ3v) is 6.05. The molecule has 0 saturated heterocycles. The maximum absolute atomic E-state index is 13.9. The molecular formula is C21H18FN5OS. The molecule has 0 amide bonds. The average molecular weight is 407 g/mol.